The molecule has 0 saturated heterocycles. The summed E-state index contributed by atoms with van der Waals surface area (Å²) in [6.45, 7) is 3.34. The van der Waals surface area contributed by atoms with E-state index in [1.54, 1.807) is 13.8 Å². The van der Waals surface area contributed by atoms with Crippen LogP contribution in [0.25, 0.3) is 10.8 Å². The Morgan fingerprint density at radius 1 is 1.05 bits per heavy atom. The van der Waals surface area contributed by atoms with Gasteiger partial charge < -0.3 is 9.73 Å². The minimum atomic E-state index is -0.447. The van der Waals surface area contributed by atoms with Gasteiger partial charge in [-0.15, -0.1) is 0 Å². The molecule has 0 saturated carbocycles. The Balaban J connectivity index is 2.03. The van der Waals surface area contributed by atoms with Crippen LogP contribution >= 0.6 is 0 Å². The van der Waals surface area contributed by atoms with Gasteiger partial charge in [-0.1, -0.05) is 36.4 Å². The van der Waals surface area contributed by atoms with Gasteiger partial charge in [0.15, 0.2) is 0 Å². The average Bonchev–Trinajstić information content (AvgIpc) is 2.46. The highest BCUT2D eigenvalue weighted by Gasteiger charge is 2.16. The van der Waals surface area contributed by atoms with Crippen LogP contribution < -0.4 is 10.9 Å². The van der Waals surface area contributed by atoms with Crippen molar-refractivity contribution >= 4 is 22.4 Å². The number of hydrogen-bond donors (Lipinski definition) is 1. The molecule has 3 aromatic rings. The molecular formula is C18H15NO3. The zero-order chi connectivity index (χ0) is 15.7. The predicted octanol–water partition coefficient (Wildman–Crippen LogP) is 3.66. The number of hydrogen-bond acceptors (Lipinski definition) is 3. The first-order valence-corrected chi connectivity index (χ1v) is 6.97. The van der Waals surface area contributed by atoms with Crippen LogP contribution in [-0.2, 0) is 0 Å². The van der Waals surface area contributed by atoms with Gasteiger partial charge in [0, 0.05) is 17.1 Å². The lowest BCUT2D eigenvalue weighted by atomic mass is 10.1. The predicted molar refractivity (Wildman–Crippen MR) is 86.4 cm³/mol. The molecule has 0 aliphatic carbocycles. The molecule has 1 amide bonds. The van der Waals surface area contributed by atoms with Gasteiger partial charge in [0.25, 0.3) is 5.91 Å². The molecule has 110 valence electrons. The lowest BCUT2D eigenvalue weighted by Gasteiger charge is -2.11. The Bertz CT molecular complexity index is 894. The summed E-state index contributed by atoms with van der Waals surface area (Å²) in [7, 11) is 0. The first kappa shape index (κ1) is 14.1. The molecule has 0 atom stereocenters. The molecular weight excluding hydrogens is 278 g/mol. The molecule has 1 N–H and O–H groups in total. The maximum absolute atomic E-state index is 12.5. The largest absolute Gasteiger partial charge is 0.427 e. The molecule has 1 heterocycles. The quantitative estimate of drug-likeness (QED) is 0.784. The summed E-state index contributed by atoms with van der Waals surface area (Å²) in [5.74, 6) is 0.0397. The zero-order valence-corrected chi connectivity index (χ0v) is 12.3. The van der Waals surface area contributed by atoms with E-state index in [0.29, 0.717) is 16.9 Å². The topological polar surface area (TPSA) is 59.3 Å². The average molecular weight is 293 g/mol. The Labute approximate surface area is 127 Å². The van der Waals surface area contributed by atoms with E-state index >= 15 is 0 Å². The van der Waals surface area contributed by atoms with E-state index in [1.807, 2.05) is 42.5 Å². The molecule has 0 spiro atoms. The molecule has 0 aliphatic heterocycles. The molecule has 2 aromatic carbocycles. The van der Waals surface area contributed by atoms with Gasteiger partial charge in [-0.2, -0.15) is 0 Å². The van der Waals surface area contributed by atoms with Crippen LogP contribution in [0.15, 0.2) is 57.7 Å². The van der Waals surface area contributed by atoms with Crippen LogP contribution in [0, 0.1) is 13.8 Å². The summed E-state index contributed by atoms with van der Waals surface area (Å²) in [5.41, 5.74) is 1.28. The molecule has 0 bridgehead atoms. The molecule has 1 aromatic heterocycles. The number of benzene rings is 2. The lowest BCUT2D eigenvalue weighted by Crippen LogP contribution is -2.17. The molecule has 4 heteroatoms. The van der Waals surface area contributed by atoms with Crippen LogP contribution in [-0.4, -0.2) is 5.91 Å². The number of rotatable bonds is 2. The molecule has 0 fully saturated rings. The number of nitrogens with one attached hydrogen (secondary N) is 1. The van der Waals surface area contributed by atoms with Gasteiger partial charge in [-0.05, 0) is 30.9 Å². The second-order valence-electron chi connectivity index (χ2n) is 5.16. The van der Waals surface area contributed by atoms with Crippen molar-refractivity contribution in [1.29, 1.82) is 0 Å². The first-order valence-electron chi connectivity index (χ1n) is 6.97. The monoisotopic (exact) mass is 293 g/mol. The zero-order valence-electron chi connectivity index (χ0n) is 12.3. The smallest absolute Gasteiger partial charge is 0.336 e. The second kappa shape index (κ2) is 5.48. The Morgan fingerprint density at radius 2 is 1.77 bits per heavy atom. The fraction of sp³-hybridized carbons (Fsp3) is 0.111. The van der Waals surface area contributed by atoms with Gasteiger partial charge in [-0.25, -0.2) is 4.79 Å². The minimum Gasteiger partial charge on any atom is -0.427 e. The summed E-state index contributed by atoms with van der Waals surface area (Å²) in [5, 5.41) is 4.91. The van der Waals surface area contributed by atoms with E-state index in [0.717, 1.165) is 16.5 Å². The third-order valence-electron chi connectivity index (χ3n) is 3.60. The number of anilines is 1. The van der Waals surface area contributed by atoms with E-state index < -0.39 is 5.63 Å². The normalized spacial score (nSPS) is 10.6. The molecule has 0 aliphatic rings. The van der Waals surface area contributed by atoms with Crippen LogP contribution in [0.4, 0.5) is 5.69 Å². The van der Waals surface area contributed by atoms with Crippen molar-refractivity contribution in [2.75, 3.05) is 5.32 Å². The van der Waals surface area contributed by atoms with Crippen molar-refractivity contribution in [1.82, 2.24) is 0 Å². The number of amides is 1. The van der Waals surface area contributed by atoms with Crippen molar-refractivity contribution in [3.05, 3.63) is 75.8 Å². The van der Waals surface area contributed by atoms with Gasteiger partial charge in [0.1, 0.15) is 5.76 Å². The van der Waals surface area contributed by atoms with Crippen molar-refractivity contribution in [2.45, 2.75) is 13.8 Å². The van der Waals surface area contributed by atoms with E-state index in [4.69, 9.17) is 4.42 Å². The SMILES string of the molecule is Cc1cc(=O)oc(C)c1C(=O)Nc1cccc2ccccc12. The van der Waals surface area contributed by atoms with Gasteiger partial charge in [-0.3, -0.25) is 4.79 Å². The second-order valence-corrected chi connectivity index (χ2v) is 5.16. The number of fused-ring (bicyclic) bond motifs is 1. The summed E-state index contributed by atoms with van der Waals surface area (Å²) in [6.07, 6.45) is 0. The maximum atomic E-state index is 12.5. The van der Waals surface area contributed by atoms with Crippen LogP contribution in [0.3, 0.4) is 0 Å². The fourth-order valence-electron chi connectivity index (χ4n) is 2.62. The number of carbonyl (C=O) groups excluding carboxylic acids is 1. The summed E-state index contributed by atoms with van der Waals surface area (Å²) < 4.78 is 5.02. The van der Waals surface area contributed by atoms with Crippen molar-refractivity contribution in [3.8, 4) is 0 Å². The van der Waals surface area contributed by atoms with Crippen LogP contribution in [0.2, 0.25) is 0 Å². The highest BCUT2D eigenvalue weighted by molar-refractivity contribution is 6.10. The van der Waals surface area contributed by atoms with E-state index in [2.05, 4.69) is 5.32 Å². The summed E-state index contributed by atoms with van der Waals surface area (Å²) in [4.78, 5) is 23.9. The summed E-state index contributed by atoms with van der Waals surface area (Å²) in [6, 6.07) is 14.9. The highest BCUT2D eigenvalue weighted by atomic mass is 16.4. The van der Waals surface area contributed by atoms with Crippen LogP contribution in [0.1, 0.15) is 21.7 Å². The highest BCUT2D eigenvalue weighted by Crippen LogP contribution is 2.24. The van der Waals surface area contributed by atoms with E-state index in [9.17, 15) is 9.59 Å². The first-order chi connectivity index (χ1) is 10.6. The third-order valence-corrected chi connectivity index (χ3v) is 3.60. The Hall–Kier alpha value is -2.88. The van der Waals surface area contributed by atoms with Gasteiger partial charge in [0.05, 0.1) is 5.56 Å². The van der Waals surface area contributed by atoms with E-state index in [1.165, 1.54) is 6.07 Å². The standard InChI is InChI=1S/C18H15NO3/c1-11-10-16(20)22-12(2)17(11)18(21)19-15-9-5-7-13-6-3-4-8-14(13)15/h3-10H,1-2H3,(H,19,21). The Kier molecular flexibility index (Phi) is 3.51. The molecule has 3 rings (SSSR count). The maximum Gasteiger partial charge on any atom is 0.336 e. The van der Waals surface area contributed by atoms with Crippen LogP contribution in [0.5, 0.6) is 0 Å². The number of aryl methyl sites for hydroxylation is 2. The summed E-state index contributed by atoms with van der Waals surface area (Å²) >= 11 is 0. The third kappa shape index (κ3) is 2.51. The van der Waals surface area contributed by atoms with E-state index in [-0.39, 0.29) is 5.91 Å². The lowest BCUT2D eigenvalue weighted by molar-refractivity contribution is 0.102. The number of carbonyl (C=O) groups is 1. The minimum absolute atomic E-state index is 0.282. The Morgan fingerprint density at radius 3 is 2.55 bits per heavy atom. The van der Waals surface area contributed by atoms with Crippen molar-refractivity contribution < 1.29 is 9.21 Å². The molecule has 4 nitrogen and oxygen atoms in total. The fourth-order valence-corrected chi connectivity index (χ4v) is 2.62. The van der Waals surface area contributed by atoms with Crippen molar-refractivity contribution in [2.24, 2.45) is 0 Å². The van der Waals surface area contributed by atoms with Crippen molar-refractivity contribution in [3.63, 3.8) is 0 Å². The molecule has 22 heavy (non-hydrogen) atoms. The molecule has 0 unspecified atom stereocenters. The van der Waals surface area contributed by atoms with Gasteiger partial charge >= 0.3 is 5.63 Å². The van der Waals surface area contributed by atoms with Gasteiger partial charge in [0.2, 0.25) is 0 Å². The molecule has 0 radical (unpaired) electrons.